The van der Waals surface area contributed by atoms with Gasteiger partial charge >= 0.3 is 18.1 Å². The fourth-order valence-corrected chi connectivity index (χ4v) is 13.8. The van der Waals surface area contributed by atoms with Crippen molar-refractivity contribution in [3.63, 3.8) is 0 Å². The van der Waals surface area contributed by atoms with E-state index in [1.165, 1.54) is 11.3 Å². The van der Waals surface area contributed by atoms with E-state index in [-0.39, 0.29) is 50.8 Å². The molecule has 0 saturated heterocycles. The molecule has 0 saturated carbocycles. The van der Waals surface area contributed by atoms with Crippen LogP contribution in [0.15, 0.2) is 208 Å². The van der Waals surface area contributed by atoms with Crippen LogP contribution < -0.4 is 31.9 Å². The first kappa shape index (κ1) is 76.7. The second-order valence-electron chi connectivity index (χ2n) is 26.8. The lowest BCUT2D eigenvalue weighted by Crippen LogP contribution is -2.21. The van der Waals surface area contributed by atoms with Gasteiger partial charge in [-0.25, -0.2) is 65.4 Å². The monoisotopic (exact) mass is 1500 g/mol. The van der Waals surface area contributed by atoms with E-state index in [4.69, 9.17) is 42.2 Å². The number of carbonyl (C=O) groups excluding carboxylic acids is 3. The maximum atomic E-state index is 12.9. The summed E-state index contributed by atoms with van der Waals surface area (Å²) >= 11 is 1.34. The fourth-order valence-electron chi connectivity index (χ4n) is 10.2. The normalized spacial score (nSPS) is 13.4. The molecule has 0 fully saturated rings. The Kier molecular flexibility index (Phi) is 23.4. The highest BCUT2D eigenvalue weighted by atomic mass is 32.2. The molecule has 6 aromatic carbocycles. The highest BCUT2D eigenvalue weighted by Crippen LogP contribution is 2.33. The summed E-state index contributed by atoms with van der Waals surface area (Å²) in [6.45, 7) is 23.9. The molecular formula is C74H84N18O9S4. The summed E-state index contributed by atoms with van der Waals surface area (Å²) in [5, 5.41) is 35.4. The molecule has 10 N–H and O–H groups in total. The van der Waals surface area contributed by atoms with Crippen molar-refractivity contribution in [2.24, 2.45) is 0 Å². The van der Waals surface area contributed by atoms with Crippen LogP contribution in [0.3, 0.4) is 0 Å². The number of aromatic nitrogens is 9. The third-order valence-corrected chi connectivity index (χ3v) is 20.8. The minimum Gasteiger partial charge on any atom is -0.361 e. The van der Waals surface area contributed by atoms with Crippen LogP contribution in [0.2, 0.25) is 0 Å². The molecule has 27 nitrogen and oxygen atoms in total. The Hall–Kier alpha value is -10.9. The zero-order valence-corrected chi connectivity index (χ0v) is 63.2. The number of rotatable bonds is 19. The van der Waals surface area contributed by atoms with Gasteiger partial charge in [0, 0.05) is 73.6 Å². The number of para-hydroxylation sites is 1. The molecule has 0 aliphatic heterocycles. The Balaban J connectivity index is 0.000000169. The summed E-state index contributed by atoms with van der Waals surface area (Å²) in [4.78, 5) is 51.4. The second-order valence-corrected chi connectivity index (χ2v) is 32.8. The standard InChI is InChI=1S/C25H28N6O3S2.C25H28N6O3S.C24H28N6O3S/c1-5-34-36(26,33)19-13-11-18(12-14-19)31-22(15-21(30-31)25(2,3)4)28-23(32)29-24-27-20(16-35-24)17-9-7-6-8-10-17;1-5-34-35(26,33)19-13-11-18(12-14-19)31-23(16-21(30-31)25(2,3)4)29-24(32)28-22-15-10-17-8-6-7-9-20(17)27-22;1-5-33-34(25,32)19-9-7-18(8-10-19)30-22(15-21(29-30)24(2,3)4)28-23(31)27-17-6-11-20-16(14-17)12-13-26-20/h6-16,26H,5H2,1-4H3,(H2,27,28,29,32);6-16,26H,5H2,1-4H3,(H2,27,28,29,32);6-15,25-26H,5H2,1-4H3,(H2,27,28,31). The molecule has 6 amide bonds. The number of benzene rings is 6. The van der Waals surface area contributed by atoms with Crippen LogP contribution in [-0.4, -0.2) is 94.8 Å². The van der Waals surface area contributed by atoms with E-state index in [0.717, 1.165) is 50.1 Å². The molecule has 0 aliphatic rings. The van der Waals surface area contributed by atoms with Crippen molar-refractivity contribution in [3.05, 3.63) is 211 Å². The second kappa shape index (κ2) is 32.0. The number of fused-ring (bicyclic) bond motifs is 2. The van der Waals surface area contributed by atoms with Gasteiger partial charge in [0.05, 0.1) is 79.9 Å². The number of urea groups is 3. The summed E-state index contributed by atoms with van der Waals surface area (Å²) in [5.41, 5.74) is 7.69. The van der Waals surface area contributed by atoms with E-state index < -0.39 is 48.1 Å². The third-order valence-electron chi connectivity index (χ3n) is 15.6. The predicted octanol–water partition coefficient (Wildman–Crippen LogP) is 17.7. The number of nitrogens with zero attached hydrogens (tertiary/aromatic N) is 8. The SMILES string of the molecule is CCOS(=N)(=O)c1ccc(-n2nc(C(C)(C)C)cc2NC(=O)Nc2ccc3[nH]ccc3c2)cc1.CCOS(=N)(=O)c1ccc(-n2nc(C(C)(C)C)cc2NC(=O)Nc2ccc3ccccc3n2)cc1.CCOS(=N)(=O)c1ccc(-n2nc(C(C)(C)C)cc2NC(=O)Nc2nc(-c3ccccc3)cs2)cc1. The first-order valence-corrected chi connectivity index (χ1v) is 38.6. The summed E-state index contributed by atoms with van der Waals surface area (Å²) in [5.74, 6) is 1.82. The maximum Gasteiger partial charge on any atom is 0.326 e. The average molecular weight is 1500 g/mol. The molecule has 105 heavy (non-hydrogen) atoms. The number of anilines is 6. The molecular weight excluding hydrogens is 1410 g/mol. The predicted molar refractivity (Wildman–Crippen MR) is 415 cm³/mol. The maximum absolute atomic E-state index is 12.9. The number of amides is 6. The van der Waals surface area contributed by atoms with Crippen LogP contribution in [0.5, 0.6) is 0 Å². The van der Waals surface area contributed by atoms with Crippen molar-refractivity contribution in [1.82, 2.24) is 44.3 Å². The van der Waals surface area contributed by atoms with Crippen LogP contribution in [0.4, 0.5) is 48.5 Å². The highest BCUT2D eigenvalue weighted by molar-refractivity contribution is 7.88. The first-order valence-electron chi connectivity index (χ1n) is 33.3. The average Bonchev–Trinajstić information content (AvgIpc) is 1.68. The zero-order chi connectivity index (χ0) is 75.7. The molecule has 31 heteroatoms. The van der Waals surface area contributed by atoms with Gasteiger partial charge in [-0.3, -0.25) is 39.1 Å². The number of hydrogen-bond acceptors (Lipinski definition) is 18. The Morgan fingerprint density at radius 2 is 0.876 bits per heavy atom. The lowest BCUT2D eigenvalue weighted by molar-refractivity contribution is 0.261. The molecule has 3 atom stereocenters. The molecule has 0 spiro atoms. The van der Waals surface area contributed by atoms with Gasteiger partial charge in [-0.15, -0.1) is 11.3 Å². The summed E-state index contributed by atoms with van der Waals surface area (Å²) in [6, 6.07) is 52.4. The van der Waals surface area contributed by atoms with Crippen molar-refractivity contribution >= 4 is 115 Å². The van der Waals surface area contributed by atoms with Gasteiger partial charge in [0.25, 0.3) is 0 Å². The van der Waals surface area contributed by atoms with Gasteiger partial charge in [0.1, 0.15) is 23.3 Å². The number of carbonyl (C=O) groups is 3. The van der Waals surface area contributed by atoms with Crippen molar-refractivity contribution in [2.45, 2.75) is 114 Å². The lowest BCUT2D eigenvalue weighted by atomic mass is 9.92. The van der Waals surface area contributed by atoms with Crippen molar-refractivity contribution in [1.29, 1.82) is 14.3 Å². The third kappa shape index (κ3) is 19.5. The van der Waals surface area contributed by atoms with Crippen molar-refractivity contribution < 1.29 is 39.6 Å². The molecule has 3 unspecified atom stereocenters. The Labute approximate surface area is 614 Å². The van der Waals surface area contributed by atoms with Gasteiger partial charge in [0.15, 0.2) is 35.2 Å². The summed E-state index contributed by atoms with van der Waals surface area (Å²) < 4.78 is 81.0. The summed E-state index contributed by atoms with van der Waals surface area (Å²) in [7, 11) is -9.96. The minimum absolute atomic E-state index is 0.174. The Bertz CT molecular complexity index is 5420. The molecule has 12 aromatic rings. The van der Waals surface area contributed by atoms with E-state index in [2.05, 4.69) is 46.9 Å². The largest absolute Gasteiger partial charge is 0.361 e. The summed E-state index contributed by atoms with van der Waals surface area (Å²) in [6.07, 6.45) is 1.85. The van der Waals surface area contributed by atoms with Crippen LogP contribution in [0.1, 0.15) is 100 Å². The Morgan fingerprint density at radius 1 is 0.457 bits per heavy atom. The van der Waals surface area contributed by atoms with E-state index in [1.807, 2.05) is 177 Å². The van der Waals surface area contributed by atoms with E-state index in [1.54, 1.807) is 114 Å². The van der Waals surface area contributed by atoms with Crippen LogP contribution in [-0.2, 0) is 58.8 Å². The number of pyridine rings is 1. The van der Waals surface area contributed by atoms with E-state index in [9.17, 15) is 27.0 Å². The van der Waals surface area contributed by atoms with Gasteiger partial charge in [-0.1, -0.05) is 111 Å². The number of aromatic amines is 1. The number of H-pyrrole nitrogens is 1. The molecule has 0 aliphatic carbocycles. The van der Waals surface area contributed by atoms with E-state index >= 15 is 0 Å². The minimum atomic E-state index is -3.32. The molecule has 6 heterocycles. The molecule has 12 rings (SSSR count). The van der Waals surface area contributed by atoms with Gasteiger partial charge in [-0.05, 0) is 136 Å². The van der Waals surface area contributed by atoms with Crippen LogP contribution >= 0.6 is 11.3 Å². The molecule has 0 radical (unpaired) electrons. The fraction of sp³-hybridized carbons (Fsp3) is 0.243. The van der Waals surface area contributed by atoms with Crippen LogP contribution in [0, 0.1) is 14.3 Å². The van der Waals surface area contributed by atoms with Gasteiger partial charge < -0.3 is 10.3 Å². The topological polar surface area (TPSA) is 369 Å². The highest BCUT2D eigenvalue weighted by Gasteiger charge is 2.26. The number of hydrogen-bond donors (Lipinski definition) is 10. The van der Waals surface area contributed by atoms with Gasteiger partial charge in [0.2, 0.25) is 0 Å². The van der Waals surface area contributed by atoms with E-state index in [0.29, 0.717) is 51.2 Å². The van der Waals surface area contributed by atoms with Crippen molar-refractivity contribution in [3.8, 4) is 28.3 Å². The lowest BCUT2D eigenvalue weighted by Gasteiger charge is -2.14. The molecule has 548 valence electrons. The number of nitrogens with one attached hydrogen (secondary N) is 10. The molecule has 6 aromatic heterocycles. The Morgan fingerprint density at radius 3 is 1.31 bits per heavy atom. The molecule has 0 bridgehead atoms. The zero-order valence-electron chi connectivity index (χ0n) is 60.0. The first-order chi connectivity index (χ1) is 49.7. The van der Waals surface area contributed by atoms with Crippen molar-refractivity contribution in [2.75, 3.05) is 51.7 Å². The van der Waals surface area contributed by atoms with Crippen LogP contribution in [0.25, 0.3) is 50.1 Å². The van der Waals surface area contributed by atoms with Gasteiger partial charge in [-0.2, -0.15) is 15.3 Å². The quantitative estimate of drug-likeness (QED) is 0.0360. The smallest absolute Gasteiger partial charge is 0.326 e. The number of thiazole rings is 1.